The average molecular weight is 288 g/mol. The third-order valence-corrected chi connectivity index (χ3v) is 2.53. The molecule has 1 heterocycles. The van der Waals surface area contributed by atoms with E-state index < -0.39 is 29.6 Å². The van der Waals surface area contributed by atoms with E-state index in [1.54, 1.807) is 0 Å². The van der Waals surface area contributed by atoms with Crippen molar-refractivity contribution in [2.75, 3.05) is 7.11 Å². The molecule has 1 aromatic carbocycles. The number of benzene rings is 1. The quantitative estimate of drug-likeness (QED) is 0.843. The lowest BCUT2D eigenvalue weighted by Crippen LogP contribution is -2.28. The van der Waals surface area contributed by atoms with Crippen molar-refractivity contribution in [2.45, 2.75) is 19.1 Å². The van der Waals surface area contributed by atoms with Crippen LogP contribution in [-0.2, 0) is 23.8 Å². The van der Waals surface area contributed by atoms with Gasteiger partial charge >= 0.3 is 5.76 Å². The maximum absolute atomic E-state index is 14.0. The molecule has 0 spiro atoms. The van der Waals surface area contributed by atoms with Gasteiger partial charge in [0, 0.05) is 12.7 Å². The summed E-state index contributed by atoms with van der Waals surface area (Å²) >= 11 is 0. The topological polar surface area (TPSA) is 57.3 Å². The number of methoxy groups -OCH3 is 1. The number of hydrogen-bond acceptors (Lipinski definition) is 4. The van der Waals surface area contributed by atoms with E-state index in [1.165, 1.54) is 7.11 Å². The Morgan fingerprint density at radius 2 is 2.00 bits per heavy atom. The zero-order chi connectivity index (χ0) is 14.8. The van der Waals surface area contributed by atoms with Gasteiger partial charge < -0.3 is 9.15 Å². The van der Waals surface area contributed by atoms with E-state index in [-0.39, 0.29) is 12.5 Å². The van der Waals surface area contributed by atoms with Crippen molar-refractivity contribution in [3.05, 3.63) is 52.1 Å². The molecule has 0 fully saturated rings. The van der Waals surface area contributed by atoms with Crippen molar-refractivity contribution >= 4 is 0 Å². The number of ether oxygens (including phenoxy) is 1. The molecule has 0 atom stereocenters. The third kappa shape index (κ3) is 3.08. The summed E-state index contributed by atoms with van der Waals surface area (Å²) in [5.74, 6) is -5.09. The predicted octanol–water partition coefficient (Wildman–Crippen LogP) is 1.91. The molecule has 0 aliphatic rings. The van der Waals surface area contributed by atoms with Crippen LogP contribution in [0, 0.1) is 5.82 Å². The first-order valence-corrected chi connectivity index (χ1v) is 5.62. The van der Waals surface area contributed by atoms with Gasteiger partial charge in [-0.1, -0.05) is 12.1 Å². The Kier molecular flexibility index (Phi) is 3.93. The summed E-state index contributed by atoms with van der Waals surface area (Å²) in [6.07, 6.45) is 0. The molecule has 0 aliphatic heterocycles. The second-order valence-electron chi connectivity index (χ2n) is 4.06. The highest BCUT2D eigenvalue weighted by molar-refractivity contribution is 5.20. The van der Waals surface area contributed by atoms with Gasteiger partial charge in [0.05, 0.1) is 0 Å². The van der Waals surface area contributed by atoms with E-state index in [9.17, 15) is 18.0 Å². The summed E-state index contributed by atoms with van der Waals surface area (Å²) in [5.41, 5.74) is -0.415. The normalized spacial score (nSPS) is 11.8. The first-order chi connectivity index (χ1) is 9.42. The van der Waals surface area contributed by atoms with Crippen LogP contribution in [0.25, 0.3) is 0 Å². The fourth-order valence-electron chi connectivity index (χ4n) is 1.60. The number of hydrogen-bond donors (Lipinski definition) is 0. The lowest BCUT2D eigenvalue weighted by molar-refractivity contribution is -0.0271. The van der Waals surface area contributed by atoms with E-state index in [4.69, 9.17) is 0 Å². The average Bonchev–Trinajstić information content (AvgIpc) is 2.70. The van der Waals surface area contributed by atoms with Crippen LogP contribution in [-0.4, -0.2) is 16.9 Å². The van der Waals surface area contributed by atoms with Gasteiger partial charge in [0.15, 0.2) is 0 Å². The second kappa shape index (κ2) is 5.49. The molecule has 8 heteroatoms. The summed E-state index contributed by atoms with van der Waals surface area (Å²) in [6.45, 7) is -1.09. The van der Waals surface area contributed by atoms with E-state index >= 15 is 0 Å². The highest BCUT2D eigenvalue weighted by atomic mass is 19.3. The van der Waals surface area contributed by atoms with Crippen molar-refractivity contribution in [2.24, 2.45) is 0 Å². The molecule has 2 rings (SSSR count). The molecule has 108 valence electrons. The Morgan fingerprint density at radius 3 is 2.60 bits per heavy atom. The van der Waals surface area contributed by atoms with Gasteiger partial charge in [0.2, 0.25) is 5.89 Å². The molecule has 2 aromatic rings. The molecule has 0 saturated carbocycles. The first kappa shape index (κ1) is 14.3. The van der Waals surface area contributed by atoms with Crippen molar-refractivity contribution < 1.29 is 22.3 Å². The van der Waals surface area contributed by atoms with Gasteiger partial charge in [0.1, 0.15) is 19.0 Å². The van der Waals surface area contributed by atoms with Crippen LogP contribution in [0.5, 0.6) is 0 Å². The van der Waals surface area contributed by atoms with E-state index in [0.29, 0.717) is 4.68 Å². The molecule has 0 radical (unpaired) electrons. The molecule has 20 heavy (non-hydrogen) atoms. The number of nitrogens with zero attached hydrogens (tertiary/aromatic N) is 2. The minimum absolute atomic E-state index is 0.0904. The summed E-state index contributed by atoms with van der Waals surface area (Å²) in [6, 6.07) is 3.75. The maximum Gasteiger partial charge on any atom is 0.437 e. The van der Waals surface area contributed by atoms with Crippen molar-refractivity contribution in [1.82, 2.24) is 9.78 Å². The van der Waals surface area contributed by atoms with Crippen LogP contribution in [0.15, 0.2) is 33.5 Å². The minimum atomic E-state index is -3.38. The largest absolute Gasteiger partial charge is 0.437 e. The molecule has 0 aliphatic carbocycles. The second-order valence-corrected chi connectivity index (χ2v) is 4.06. The predicted molar refractivity (Wildman–Crippen MR) is 61.8 cm³/mol. The SMILES string of the molecule is COCc1nn(CC(F)(F)c2ccc(F)cc2)c(=O)o1. The highest BCUT2D eigenvalue weighted by Crippen LogP contribution is 2.29. The third-order valence-electron chi connectivity index (χ3n) is 2.53. The molecule has 0 N–H and O–H groups in total. The van der Waals surface area contributed by atoms with Crippen molar-refractivity contribution in [1.29, 1.82) is 0 Å². The zero-order valence-electron chi connectivity index (χ0n) is 10.5. The smallest absolute Gasteiger partial charge is 0.390 e. The number of rotatable bonds is 5. The van der Waals surface area contributed by atoms with Gasteiger partial charge in [-0.05, 0) is 12.1 Å². The molecule has 0 unspecified atom stereocenters. The number of alkyl halides is 2. The van der Waals surface area contributed by atoms with Crippen LogP contribution < -0.4 is 5.76 Å². The summed E-state index contributed by atoms with van der Waals surface area (Å²) in [7, 11) is 1.35. The minimum Gasteiger partial charge on any atom is -0.390 e. The Hall–Kier alpha value is -2.09. The molecule has 5 nitrogen and oxygen atoms in total. The van der Waals surface area contributed by atoms with Gasteiger partial charge in [-0.2, -0.15) is 13.5 Å². The molecule has 0 amide bonds. The highest BCUT2D eigenvalue weighted by Gasteiger charge is 2.34. The Labute approximate surface area is 111 Å². The fourth-order valence-corrected chi connectivity index (χ4v) is 1.60. The van der Waals surface area contributed by atoms with E-state index in [2.05, 4.69) is 14.3 Å². The van der Waals surface area contributed by atoms with Gasteiger partial charge in [-0.3, -0.25) is 0 Å². The number of aromatic nitrogens is 2. The molecule has 0 bridgehead atoms. The first-order valence-electron chi connectivity index (χ1n) is 5.62. The summed E-state index contributed by atoms with van der Waals surface area (Å²) in [5, 5.41) is 3.59. The van der Waals surface area contributed by atoms with E-state index in [1.807, 2.05) is 0 Å². The fraction of sp³-hybridized carbons (Fsp3) is 0.333. The van der Waals surface area contributed by atoms with Gasteiger partial charge in [0.25, 0.3) is 5.92 Å². The Balaban J connectivity index is 2.23. The monoisotopic (exact) mass is 288 g/mol. The van der Waals surface area contributed by atoms with Crippen LogP contribution in [0.1, 0.15) is 11.5 Å². The van der Waals surface area contributed by atoms with Crippen LogP contribution in [0.4, 0.5) is 13.2 Å². The summed E-state index contributed by atoms with van der Waals surface area (Å²) in [4.78, 5) is 11.4. The lowest BCUT2D eigenvalue weighted by Gasteiger charge is -2.15. The van der Waals surface area contributed by atoms with E-state index in [0.717, 1.165) is 24.3 Å². The molecule has 1 aromatic heterocycles. The zero-order valence-corrected chi connectivity index (χ0v) is 10.5. The molecular formula is C12H11F3N2O3. The Morgan fingerprint density at radius 1 is 1.35 bits per heavy atom. The van der Waals surface area contributed by atoms with Crippen LogP contribution >= 0.6 is 0 Å². The molecular weight excluding hydrogens is 277 g/mol. The van der Waals surface area contributed by atoms with Crippen molar-refractivity contribution in [3.8, 4) is 0 Å². The van der Waals surface area contributed by atoms with Gasteiger partial charge in [-0.25, -0.2) is 9.18 Å². The lowest BCUT2D eigenvalue weighted by atomic mass is 10.1. The van der Waals surface area contributed by atoms with Crippen LogP contribution in [0.3, 0.4) is 0 Å². The van der Waals surface area contributed by atoms with Crippen LogP contribution in [0.2, 0.25) is 0 Å². The van der Waals surface area contributed by atoms with Crippen molar-refractivity contribution in [3.63, 3.8) is 0 Å². The standard InChI is InChI=1S/C12H11F3N2O3/c1-19-6-10-16-17(11(18)20-10)7-12(14,15)8-2-4-9(13)5-3-8/h2-5H,6-7H2,1H3. The maximum atomic E-state index is 14.0. The number of halogens is 3. The Bertz CT molecular complexity index is 634. The summed E-state index contributed by atoms with van der Waals surface area (Å²) < 4.78 is 50.5. The van der Waals surface area contributed by atoms with Gasteiger partial charge in [-0.15, -0.1) is 5.10 Å². The molecule has 0 saturated heterocycles.